The lowest BCUT2D eigenvalue weighted by Crippen LogP contribution is -2.75. The van der Waals surface area contributed by atoms with Crippen molar-refractivity contribution >= 4 is 56.3 Å². The van der Waals surface area contributed by atoms with Crippen molar-refractivity contribution in [2.45, 2.75) is 0 Å². The van der Waals surface area contributed by atoms with Gasteiger partial charge in [-0.05, 0) is 62.0 Å². The Balaban J connectivity index is 1.39. The highest BCUT2D eigenvalue weighted by molar-refractivity contribution is 7.20. The molecule has 0 bridgehead atoms. The molecule has 0 atom stereocenters. The fraction of sp³-hybridized carbons (Fsp3) is 0. The van der Waals surface area contributed by atoms with Crippen molar-refractivity contribution in [3.63, 3.8) is 0 Å². The maximum absolute atomic E-state index is 10.9. The first-order chi connectivity index (χ1) is 23.7. The summed E-state index contributed by atoms with van der Waals surface area (Å²) in [5.41, 5.74) is 6.44. The Bertz CT molecular complexity index is 2430. The average Bonchev–Trinajstić information content (AvgIpc) is 3.50. The van der Waals surface area contributed by atoms with Crippen molar-refractivity contribution < 1.29 is 0 Å². The molecule has 0 spiro atoms. The molecule has 7 aromatic carbocycles. The van der Waals surface area contributed by atoms with Crippen LogP contribution < -0.4 is 20.7 Å². The lowest BCUT2D eigenvalue weighted by molar-refractivity contribution is 1.18. The molecular formula is C44H29N3Si. The van der Waals surface area contributed by atoms with E-state index in [0.29, 0.717) is 11.3 Å². The van der Waals surface area contributed by atoms with Crippen molar-refractivity contribution in [2.24, 2.45) is 0 Å². The standard InChI is InChI=1S/C44H29N3Si/c1-46-34-26-27-43-40(30-34)39-22-12-14-24-42(39)47(43)41-23-13-11-21-38(41)32-25-28-44(33(29-32)31-45)48(35-15-5-2-6-16-35,36-17-7-3-8-18-36)37-19-9-4-10-20-37/h2-30H. The number of para-hydroxylation sites is 2. The highest BCUT2D eigenvalue weighted by Crippen LogP contribution is 2.37. The van der Waals surface area contributed by atoms with Gasteiger partial charge in [0.25, 0.3) is 0 Å². The van der Waals surface area contributed by atoms with Gasteiger partial charge in [-0.3, -0.25) is 0 Å². The molecule has 0 saturated heterocycles. The van der Waals surface area contributed by atoms with Crippen LogP contribution in [0.25, 0.3) is 43.5 Å². The molecule has 8 rings (SSSR count). The number of hydrogen-bond donors (Lipinski definition) is 0. The molecular weight excluding hydrogens is 599 g/mol. The summed E-state index contributed by atoms with van der Waals surface area (Å²) in [5, 5.41) is 17.8. The largest absolute Gasteiger partial charge is 0.309 e. The molecule has 1 aromatic heterocycles. The Hall–Kier alpha value is -6.46. The van der Waals surface area contributed by atoms with Gasteiger partial charge in [0.2, 0.25) is 0 Å². The van der Waals surface area contributed by atoms with E-state index in [9.17, 15) is 5.26 Å². The molecule has 0 amide bonds. The van der Waals surface area contributed by atoms with Gasteiger partial charge in [0.1, 0.15) is 0 Å². The minimum absolute atomic E-state index is 0.621. The third-order valence-electron chi connectivity index (χ3n) is 9.41. The summed E-state index contributed by atoms with van der Waals surface area (Å²) in [4.78, 5) is 3.70. The van der Waals surface area contributed by atoms with Crippen LogP contribution in [0.5, 0.6) is 0 Å². The quantitative estimate of drug-likeness (QED) is 0.104. The van der Waals surface area contributed by atoms with Crippen LogP contribution in [0.1, 0.15) is 5.56 Å². The normalized spacial score (nSPS) is 11.3. The van der Waals surface area contributed by atoms with Gasteiger partial charge < -0.3 is 4.57 Å². The molecule has 0 aliphatic carbocycles. The highest BCUT2D eigenvalue weighted by Gasteiger charge is 2.43. The van der Waals surface area contributed by atoms with Gasteiger partial charge in [-0.15, -0.1) is 0 Å². The zero-order chi connectivity index (χ0) is 32.5. The molecule has 4 heteroatoms. The van der Waals surface area contributed by atoms with Gasteiger partial charge in [-0.1, -0.05) is 146 Å². The molecule has 0 radical (unpaired) electrons. The Morgan fingerprint density at radius 3 is 1.73 bits per heavy atom. The Morgan fingerprint density at radius 2 is 1.10 bits per heavy atom. The third-order valence-corrected chi connectivity index (χ3v) is 14.2. The van der Waals surface area contributed by atoms with E-state index >= 15 is 0 Å². The second-order valence-corrected chi connectivity index (χ2v) is 15.7. The number of fused-ring (bicyclic) bond motifs is 3. The van der Waals surface area contributed by atoms with Crippen LogP contribution in [-0.2, 0) is 0 Å². The van der Waals surface area contributed by atoms with Crippen molar-refractivity contribution in [1.29, 1.82) is 5.26 Å². The number of rotatable bonds is 6. The van der Waals surface area contributed by atoms with Gasteiger partial charge in [-0.25, -0.2) is 4.85 Å². The number of hydrogen-bond acceptors (Lipinski definition) is 1. The topological polar surface area (TPSA) is 33.1 Å². The number of nitrogens with zero attached hydrogens (tertiary/aromatic N) is 3. The Kier molecular flexibility index (Phi) is 7.27. The van der Waals surface area contributed by atoms with Crippen LogP contribution in [0.3, 0.4) is 0 Å². The predicted octanol–water partition coefficient (Wildman–Crippen LogP) is 8.25. The summed E-state index contributed by atoms with van der Waals surface area (Å²) >= 11 is 0. The second kappa shape index (κ2) is 12.0. The van der Waals surface area contributed by atoms with Crippen LogP contribution in [0.4, 0.5) is 5.69 Å². The average molecular weight is 628 g/mol. The molecule has 0 aliphatic rings. The predicted molar refractivity (Wildman–Crippen MR) is 201 cm³/mol. The highest BCUT2D eigenvalue weighted by atomic mass is 28.3. The van der Waals surface area contributed by atoms with Gasteiger partial charge >= 0.3 is 0 Å². The van der Waals surface area contributed by atoms with Gasteiger partial charge in [0.05, 0.1) is 34.9 Å². The first kappa shape index (κ1) is 29.0. The van der Waals surface area contributed by atoms with Gasteiger partial charge in [0.15, 0.2) is 13.8 Å². The van der Waals surface area contributed by atoms with E-state index in [-0.39, 0.29) is 0 Å². The summed E-state index contributed by atoms with van der Waals surface area (Å²) in [5.74, 6) is 0. The van der Waals surface area contributed by atoms with E-state index in [2.05, 4.69) is 167 Å². The molecule has 0 fully saturated rings. The number of nitriles is 1. The number of benzene rings is 7. The minimum Gasteiger partial charge on any atom is -0.309 e. The molecule has 8 aromatic rings. The van der Waals surface area contributed by atoms with Crippen LogP contribution in [0.15, 0.2) is 176 Å². The van der Waals surface area contributed by atoms with Crippen molar-refractivity contribution in [1.82, 2.24) is 4.57 Å². The van der Waals surface area contributed by atoms with E-state index in [1.54, 1.807) is 0 Å². The summed E-state index contributed by atoms with van der Waals surface area (Å²) in [6.07, 6.45) is 0. The maximum atomic E-state index is 10.9. The fourth-order valence-corrected chi connectivity index (χ4v) is 12.2. The van der Waals surface area contributed by atoms with Crippen LogP contribution in [-0.4, -0.2) is 12.6 Å². The SMILES string of the molecule is [C-]#[N+]c1ccc2c(c1)c1ccccc1n2-c1ccccc1-c1ccc([Si](c2ccccc2)(c2ccccc2)c2ccccc2)c(C#N)c1. The third kappa shape index (κ3) is 4.55. The molecule has 1 heterocycles. The van der Waals surface area contributed by atoms with Crippen LogP contribution >= 0.6 is 0 Å². The van der Waals surface area contributed by atoms with Crippen LogP contribution in [0.2, 0.25) is 0 Å². The smallest absolute Gasteiger partial charge is 0.188 e. The summed E-state index contributed by atoms with van der Waals surface area (Å²) in [7, 11) is -2.89. The molecule has 0 unspecified atom stereocenters. The molecule has 48 heavy (non-hydrogen) atoms. The monoisotopic (exact) mass is 627 g/mol. The zero-order valence-electron chi connectivity index (χ0n) is 26.1. The first-order valence-corrected chi connectivity index (χ1v) is 18.0. The van der Waals surface area contributed by atoms with E-state index < -0.39 is 8.07 Å². The minimum atomic E-state index is -2.89. The molecule has 3 nitrogen and oxygen atoms in total. The van der Waals surface area contributed by atoms with Crippen molar-refractivity contribution in [2.75, 3.05) is 0 Å². The fourth-order valence-electron chi connectivity index (χ4n) is 7.36. The molecule has 0 saturated carbocycles. The van der Waals surface area contributed by atoms with E-state index in [1.807, 2.05) is 24.3 Å². The van der Waals surface area contributed by atoms with Gasteiger partial charge in [-0.2, -0.15) is 5.26 Å². The zero-order valence-corrected chi connectivity index (χ0v) is 27.1. The first-order valence-electron chi connectivity index (χ1n) is 16.0. The summed E-state index contributed by atoms with van der Waals surface area (Å²) in [6, 6.07) is 63.9. The maximum Gasteiger partial charge on any atom is 0.188 e. The molecule has 0 N–H and O–H groups in total. The van der Waals surface area contributed by atoms with Crippen molar-refractivity contribution in [3.8, 4) is 22.9 Å². The lowest BCUT2D eigenvalue weighted by atomic mass is 10.0. The van der Waals surface area contributed by atoms with E-state index in [0.717, 1.165) is 43.8 Å². The second-order valence-electron chi connectivity index (χ2n) is 11.9. The van der Waals surface area contributed by atoms with Crippen molar-refractivity contribution in [3.05, 3.63) is 193 Å². The summed E-state index contributed by atoms with van der Waals surface area (Å²) < 4.78 is 2.28. The van der Waals surface area contributed by atoms with Crippen LogP contribution in [0, 0.1) is 17.9 Å². The molecule has 0 aliphatic heterocycles. The van der Waals surface area contributed by atoms with E-state index in [4.69, 9.17) is 6.57 Å². The molecule has 224 valence electrons. The van der Waals surface area contributed by atoms with Gasteiger partial charge in [0, 0.05) is 10.9 Å². The lowest BCUT2D eigenvalue weighted by Gasteiger charge is -2.35. The summed E-state index contributed by atoms with van der Waals surface area (Å²) in [6.45, 7) is 7.60. The Morgan fingerprint density at radius 1 is 0.542 bits per heavy atom. The number of aromatic nitrogens is 1. The van der Waals surface area contributed by atoms with E-state index in [1.165, 1.54) is 15.6 Å². The Labute approximate surface area is 281 Å².